The van der Waals surface area contributed by atoms with E-state index in [4.69, 9.17) is 4.74 Å². The van der Waals surface area contributed by atoms with E-state index in [1.807, 2.05) is 49.3 Å². The monoisotopic (exact) mass is 348 g/mol. The van der Waals surface area contributed by atoms with Gasteiger partial charge in [0.2, 0.25) is 0 Å². The first-order valence-electron chi connectivity index (χ1n) is 8.19. The largest absolute Gasteiger partial charge is 0.485 e. The first kappa shape index (κ1) is 17.4. The molecule has 0 radical (unpaired) electrons. The second-order valence-corrected chi connectivity index (χ2v) is 5.89. The molecule has 0 aliphatic rings. The Morgan fingerprint density at radius 1 is 1.08 bits per heavy atom. The molecule has 0 bridgehead atoms. The summed E-state index contributed by atoms with van der Waals surface area (Å²) in [6.45, 7) is 0.368. The maximum atomic E-state index is 12.6. The van der Waals surface area contributed by atoms with E-state index in [1.54, 1.807) is 36.8 Å². The summed E-state index contributed by atoms with van der Waals surface area (Å²) in [4.78, 5) is 22.7. The molecule has 3 aromatic rings. The number of rotatable bonds is 6. The average Bonchev–Trinajstić information content (AvgIpc) is 2.68. The molecule has 0 spiro atoms. The molecule has 0 fully saturated rings. The molecule has 0 atom stereocenters. The van der Waals surface area contributed by atoms with Gasteiger partial charge < -0.3 is 15.0 Å². The van der Waals surface area contributed by atoms with Gasteiger partial charge in [-0.05, 0) is 48.0 Å². The van der Waals surface area contributed by atoms with Crippen molar-refractivity contribution in [1.29, 1.82) is 0 Å². The number of carbonyl (C=O) groups excluding carboxylic acids is 1. The number of carbonyl (C=O) groups is 1. The number of nitrogens with zero attached hydrogens (tertiary/aromatic N) is 3. The normalized spacial score (nSPS) is 10.2. The predicted octanol–water partition coefficient (Wildman–Crippen LogP) is 3.37. The number of amides is 1. The van der Waals surface area contributed by atoms with Crippen LogP contribution in [0.3, 0.4) is 0 Å². The van der Waals surface area contributed by atoms with Crippen LogP contribution in [0.25, 0.3) is 0 Å². The first-order chi connectivity index (χ1) is 12.6. The van der Waals surface area contributed by atoms with Crippen LogP contribution in [0.5, 0.6) is 5.75 Å². The Kier molecular flexibility index (Phi) is 5.43. The van der Waals surface area contributed by atoms with Gasteiger partial charge in [-0.2, -0.15) is 0 Å². The minimum absolute atomic E-state index is 0.235. The van der Waals surface area contributed by atoms with Gasteiger partial charge in [0.05, 0.1) is 0 Å². The number of ether oxygens (including phenoxy) is 1. The van der Waals surface area contributed by atoms with E-state index >= 15 is 0 Å². The number of hydrogen-bond donors (Lipinski definition) is 1. The lowest BCUT2D eigenvalue weighted by molar-refractivity contribution is 0.102. The van der Waals surface area contributed by atoms with Gasteiger partial charge in [-0.15, -0.1) is 0 Å². The maximum absolute atomic E-state index is 12.6. The number of hydrogen-bond acceptors (Lipinski definition) is 5. The van der Waals surface area contributed by atoms with E-state index in [-0.39, 0.29) is 5.91 Å². The van der Waals surface area contributed by atoms with Gasteiger partial charge in [-0.1, -0.05) is 6.07 Å². The third-order valence-corrected chi connectivity index (χ3v) is 3.77. The fraction of sp³-hybridized carbons (Fsp3) is 0.150. The summed E-state index contributed by atoms with van der Waals surface area (Å²) in [6, 6.07) is 14.7. The summed E-state index contributed by atoms with van der Waals surface area (Å²) in [7, 11) is 3.86. The Bertz CT molecular complexity index is 882. The fourth-order valence-corrected chi connectivity index (χ4v) is 2.35. The molecule has 0 unspecified atom stereocenters. The molecule has 0 aliphatic carbocycles. The SMILES string of the molecule is CN(C)c1cccc(C(=O)Nc2ncccc2OCc2ccncc2)c1. The van der Waals surface area contributed by atoms with Crippen molar-refractivity contribution in [3.63, 3.8) is 0 Å². The van der Waals surface area contributed by atoms with Gasteiger partial charge >= 0.3 is 0 Å². The van der Waals surface area contributed by atoms with Crippen molar-refractivity contribution in [1.82, 2.24) is 9.97 Å². The Morgan fingerprint density at radius 2 is 1.88 bits per heavy atom. The third-order valence-electron chi connectivity index (χ3n) is 3.77. The lowest BCUT2D eigenvalue weighted by Gasteiger charge is -2.14. The molecule has 1 N–H and O–H groups in total. The molecule has 0 saturated heterocycles. The quantitative estimate of drug-likeness (QED) is 0.740. The molecule has 0 aliphatic heterocycles. The van der Waals surface area contributed by atoms with E-state index < -0.39 is 0 Å². The Labute approximate surface area is 152 Å². The molecule has 1 aromatic carbocycles. The molecule has 132 valence electrons. The van der Waals surface area contributed by atoms with Crippen molar-refractivity contribution in [3.8, 4) is 5.75 Å². The van der Waals surface area contributed by atoms with Crippen molar-refractivity contribution < 1.29 is 9.53 Å². The molecular weight excluding hydrogens is 328 g/mol. The highest BCUT2D eigenvalue weighted by Crippen LogP contribution is 2.23. The molecule has 0 saturated carbocycles. The Balaban J connectivity index is 1.73. The molecule has 6 heteroatoms. The summed E-state index contributed by atoms with van der Waals surface area (Å²) in [5.74, 6) is 0.671. The molecular formula is C20H20N4O2. The number of benzene rings is 1. The number of pyridine rings is 2. The van der Waals surface area contributed by atoms with Crippen LogP contribution in [0.4, 0.5) is 11.5 Å². The zero-order valence-electron chi connectivity index (χ0n) is 14.7. The summed E-state index contributed by atoms with van der Waals surface area (Å²) >= 11 is 0. The fourth-order valence-electron chi connectivity index (χ4n) is 2.35. The zero-order chi connectivity index (χ0) is 18.4. The first-order valence-corrected chi connectivity index (χ1v) is 8.19. The summed E-state index contributed by atoms with van der Waals surface area (Å²) < 4.78 is 5.81. The van der Waals surface area contributed by atoms with E-state index in [9.17, 15) is 4.79 Å². The van der Waals surface area contributed by atoms with Crippen molar-refractivity contribution in [2.24, 2.45) is 0 Å². The lowest BCUT2D eigenvalue weighted by Crippen LogP contribution is -2.15. The minimum Gasteiger partial charge on any atom is -0.485 e. The molecule has 26 heavy (non-hydrogen) atoms. The van der Waals surface area contributed by atoms with Gasteiger partial charge in [-0.3, -0.25) is 9.78 Å². The summed E-state index contributed by atoms with van der Waals surface area (Å²) in [6.07, 6.45) is 5.04. The predicted molar refractivity (Wildman–Crippen MR) is 102 cm³/mol. The Morgan fingerprint density at radius 3 is 2.65 bits per heavy atom. The second-order valence-electron chi connectivity index (χ2n) is 5.89. The van der Waals surface area contributed by atoms with Crippen LogP contribution in [-0.2, 0) is 6.61 Å². The van der Waals surface area contributed by atoms with Crippen molar-refractivity contribution >= 4 is 17.4 Å². The van der Waals surface area contributed by atoms with E-state index in [1.165, 1.54) is 0 Å². The standard InChI is InChI=1S/C20H20N4O2/c1-24(2)17-6-3-5-16(13-17)20(25)23-19-18(7-4-10-22-19)26-14-15-8-11-21-12-9-15/h3-13H,14H2,1-2H3,(H,22,23,25). The molecule has 3 rings (SSSR count). The van der Waals surface area contributed by atoms with Crippen LogP contribution < -0.4 is 15.0 Å². The van der Waals surface area contributed by atoms with Gasteiger partial charge in [0, 0.05) is 43.9 Å². The second kappa shape index (κ2) is 8.11. The highest BCUT2D eigenvalue weighted by Gasteiger charge is 2.12. The van der Waals surface area contributed by atoms with Gasteiger partial charge in [0.1, 0.15) is 6.61 Å². The van der Waals surface area contributed by atoms with E-state index in [0.29, 0.717) is 23.7 Å². The molecule has 2 heterocycles. The van der Waals surface area contributed by atoms with E-state index in [0.717, 1.165) is 11.3 Å². The van der Waals surface area contributed by atoms with Crippen LogP contribution in [-0.4, -0.2) is 30.0 Å². The maximum Gasteiger partial charge on any atom is 0.256 e. The topological polar surface area (TPSA) is 67.4 Å². The van der Waals surface area contributed by atoms with Gasteiger partial charge in [0.25, 0.3) is 5.91 Å². The summed E-state index contributed by atoms with van der Waals surface area (Å²) in [5.41, 5.74) is 2.49. The van der Waals surface area contributed by atoms with Crippen LogP contribution in [0.2, 0.25) is 0 Å². The van der Waals surface area contributed by atoms with Crippen molar-refractivity contribution in [3.05, 3.63) is 78.2 Å². The van der Waals surface area contributed by atoms with Gasteiger partial charge in [-0.25, -0.2) is 4.98 Å². The highest BCUT2D eigenvalue weighted by atomic mass is 16.5. The average molecular weight is 348 g/mol. The van der Waals surface area contributed by atoms with Crippen LogP contribution in [0.15, 0.2) is 67.1 Å². The molecule has 2 aromatic heterocycles. The van der Waals surface area contributed by atoms with Crippen LogP contribution >= 0.6 is 0 Å². The number of aromatic nitrogens is 2. The number of nitrogens with one attached hydrogen (secondary N) is 1. The Hall–Kier alpha value is -3.41. The smallest absolute Gasteiger partial charge is 0.256 e. The van der Waals surface area contributed by atoms with Crippen LogP contribution in [0.1, 0.15) is 15.9 Å². The van der Waals surface area contributed by atoms with Crippen molar-refractivity contribution in [2.45, 2.75) is 6.61 Å². The van der Waals surface area contributed by atoms with E-state index in [2.05, 4.69) is 15.3 Å². The van der Waals surface area contributed by atoms with Crippen LogP contribution in [0, 0.1) is 0 Å². The third kappa shape index (κ3) is 4.36. The van der Waals surface area contributed by atoms with Crippen molar-refractivity contribution in [2.75, 3.05) is 24.3 Å². The minimum atomic E-state index is -0.235. The zero-order valence-corrected chi connectivity index (χ0v) is 14.7. The van der Waals surface area contributed by atoms with Gasteiger partial charge in [0.15, 0.2) is 11.6 Å². The number of anilines is 2. The molecule has 1 amide bonds. The lowest BCUT2D eigenvalue weighted by atomic mass is 10.2. The molecule has 6 nitrogen and oxygen atoms in total. The highest BCUT2D eigenvalue weighted by molar-refractivity contribution is 6.05. The summed E-state index contributed by atoms with van der Waals surface area (Å²) in [5, 5.41) is 2.82.